The summed E-state index contributed by atoms with van der Waals surface area (Å²) < 4.78 is 0. The van der Waals surface area contributed by atoms with Crippen LogP contribution in [0.4, 0.5) is 5.69 Å². The van der Waals surface area contributed by atoms with E-state index in [4.69, 9.17) is 11.6 Å². The number of aromatic nitrogens is 1. The average Bonchev–Trinajstić information content (AvgIpc) is 2.57. The third kappa shape index (κ3) is 3.82. The fourth-order valence-electron chi connectivity index (χ4n) is 2.88. The van der Waals surface area contributed by atoms with Gasteiger partial charge in [0.2, 0.25) is 0 Å². The van der Waals surface area contributed by atoms with Crippen LogP contribution in [0.5, 0.6) is 0 Å². The molecule has 0 unspecified atom stereocenters. The summed E-state index contributed by atoms with van der Waals surface area (Å²) in [5, 5.41) is 4.21. The van der Waals surface area contributed by atoms with Gasteiger partial charge in [-0.05, 0) is 43.5 Å². The van der Waals surface area contributed by atoms with E-state index >= 15 is 0 Å². The van der Waals surface area contributed by atoms with Crippen LogP contribution in [0.3, 0.4) is 0 Å². The van der Waals surface area contributed by atoms with Gasteiger partial charge in [0.15, 0.2) is 0 Å². The van der Waals surface area contributed by atoms with E-state index in [1.807, 2.05) is 42.2 Å². The van der Waals surface area contributed by atoms with E-state index in [0.29, 0.717) is 11.6 Å². The number of nitrogens with one attached hydrogen (secondary N) is 1. The Morgan fingerprint density at radius 3 is 2.70 bits per heavy atom. The first-order valence-corrected chi connectivity index (χ1v) is 8.23. The van der Waals surface area contributed by atoms with Gasteiger partial charge in [-0.25, -0.2) is 0 Å². The highest BCUT2D eigenvalue weighted by Crippen LogP contribution is 2.24. The average molecular weight is 330 g/mol. The van der Waals surface area contributed by atoms with E-state index in [9.17, 15) is 4.79 Å². The SMILES string of the molecule is Cc1cncc(C(=O)N2CCC(Nc3ccccc3Cl)CC2)c1. The number of nitrogens with zero attached hydrogens (tertiary/aromatic N) is 2. The van der Waals surface area contributed by atoms with Gasteiger partial charge in [-0.2, -0.15) is 0 Å². The minimum absolute atomic E-state index is 0.0670. The lowest BCUT2D eigenvalue weighted by Gasteiger charge is -2.33. The molecule has 0 bridgehead atoms. The van der Waals surface area contributed by atoms with Crippen molar-refractivity contribution in [1.82, 2.24) is 9.88 Å². The smallest absolute Gasteiger partial charge is 0.255 e. The number of carbonyl (C=O) groups is 1. The number of anilines is 1. The fraction of sp³-hybridized carbons (Fsp3) is 0.333. The zero-order valence-corrected chi connectivity index (χ0v) is 13.9. The van der Waals surface area contributed by atoms with Gasteiger partial charge in [-0.15, -0.1) is 0 Å². The molecular formula is C18H20ClN3O. The number of hydrogen-bond acceptors (Lipinski definition) is 3. The first-order valence-electron chi connectivity index (χ1n) is 7.85. The molecule has 3 rings (SSSR count). The van der Waals surface area contributed by atoms with Gasteiger partial charge in [-0.1, -0.05) is 23.7 Å². The zero-order valence-electron chi connectivity index (χ0n) is 13.1. The largest absolute Gasteiger partial charge is 0.381 e. The number of amides is 1. The number of piperidine rings is 1. The number of para-hydroxylation sites is 1. The normalized spacial score (nSPS) is 15.5. The van der Waals surface area contributed by atoms with E-state index in [-0.39, 0.29) is 5.91 Å². The Morgan fingerprint density at radius 2 is 2.00 bits per heavy atom. The molecule has 1 amide bonds. The number of hydrogen-bond donors (Lipinski definition) is 1. The van der Waals surface area contributed by atoms with Crippen LogP contribution in [0.1, 0.15) is 28.8 Å². The molecule has 23 heavy (non-hydrogen) atoms. The number of carbonyl (C=O) groups excluding carboxylic acids is 1. The summed E-state index contributed by atoms with van der Waals surface area (Å²) >= 11 is 6.18. The molecule has 0 aliphatic carbocycles. The fourth-order valence-corrected chi connectivity index (χ4v) is 3.07. The molecule has 1 aromatic carbocycles. The molecule has 1 aliphatic rings. The van der Waals surface area contributed by atoms with Crippen LogP contribution >= 0.6 is 11.6 Å². The van der Waals surface area contributed by atoms with Crippen LogP contribution in [0.15, 0.2) is 42.7 Å². The van der Waals surface area contributed by atoms with Crippen LogP contribution in [-0.2, 0) is 0 Å². The Hall–Kier alpha value is -2.07. The second kappa shape index (κ2) is 7.01. The van der Waals surface area contributed by atoms with E-state index < -0.39 is 0 Å². The molecule has 0 atom stereocenters. The summed E-state index contributed by atoms with van der Waals surface area (Å²) in [6, 6.07) is 9.99. The van der Waals surface area contributed by atoms with Gasteiger partial charge in [-0.3, -0.25) is 9.78 Å². The van der Waals surface area contributed by atoms with Gasteiger partial charge in [0, 0.05) is 31.5 Å². The Kier molecular flexibility index (Phi) is 4.82. The Labute approximate surface area is 141 Å². The summed E-state index contributed by atoms with van der Waals surface area (Å²) in [6.45, 7) is 3.44. The van der Waals surface area contributed by atoms with Crippen molar-refractivity contribution >= 4 is 23.2 Å². The van der Waals surface area contributed by atoms with Gasteiger partial charge < -0.3 is 10.2 Å². The van der Waals surface area contributed by atoms with E-state index in [1.165, 1.54) is 0 Å². The second-order valence-electron chi connectivity index (χ2n) is 5.94. The Balaban J connectivity index is 1.58. The Morgan fingerprint density at radius 1 is 1.26 bits per heavy atom. The molecule has 5 heteroatoms. The van der Waals surface area contributed by atoms with Crippen molar-refractivity contribution in [1.29, 1.82) is 0 Å². The number of benzene rings is 1. The maximum atomic E-state index is 12.5. The van der Waals surface area contributed by atoms with Crippen molar-refractivity contribution in [3.05, 3.63) is 58.9 Å². The number of pyridine rings is 1. The Bertz CT molecular complexity index is 696. The molecule has 0 radical (unpaired) electrons. The molecule has 1 aliphatic heterocycles. The first-order chi connectivity index (χ1) is 11.1. The molecule has 2 aromatic rings. The highest BCUT2D eigenvalue weighted by Gasteiger charge is 2.24. The van der Waals surface area contributed by atoms with Gasteiger partial charge in [0.25, 0.3) is 5.91 Å². The van der Waals surface area contributed by atoms with Crippen LogP contribution in [-0.4, -0.2) is 34.9 Å². The summed E-state index contributed by atoms with van der Waals surface area (Å²) in [5.74, 6) is 0.0670. The standard InChI is InChI=1S/C18H20ClN3O/c1-13-10-14(12-20-11-13)18(23)22-8-6-15(7-9-22)21-17-5-3-2-4-16(17)19/h2-5,10-12,15,21H,6-9H2,1H3. The molecule has 2 heterocycles. The predicted octanol–water partition coefficient (Wildman–Crippen LogP) is 3.76. The maximum Gasteiger partial charge on any atom is 0.255 e. The maximum absolute atomic E-state index is 12.5. The van der Waals surface area contributed by atoms with Crippen molar-refractivity contribution in [3.8, 4) is 0 Å². The number of likely N-dealkylation sites (tertiary alicyclic amines) is 1. The lowest BCUT2D eigenvalue weighted by molar-refractivity contribution is 0.0718. The van der Waals surface area contributed by atoms with Crippen LogP contribution in [0.2, 0.25) is 5.02 Å². The zero-order chi connectivity index (χ0) is 16.2. The molecule has 1 fully saturated rings. The second-order valence-corrected chi connectivity index (χ2v) is 6.35. The van der Waals surface area contributed by atoms with Gasteiger partial charge in [0.05, 0.1) is 16.3 Å². The summed E-state index contributed by atoms with van der Waals surface area (Å²) in [4.78, 5) is 18.5. The minimum atomic E-state index is 0.0670. The first kappa shape index (κ1) is 15.8. The highest BCUT2D eigenvalue weighted by molar-refractivity contribution is 6.33. The third-order valence-corrected chi connectivity index (χ3v) is 4.47. The summed E-state index contributed by atoms with van der Waals surface area (Å²) in [6.07, 6.45) is 5.23. The summed E-state index contributed by atoms with van der Waals surface area (Å²) in [7, 11) is 0. The number of aryl methyl sites for hydroxylation is 1. The van der Waals surface area contributed by atoms with Crippen LogP contribution in [0.25, 0.3) is 0 Å². The number of rotatable bonds is 3. The molecule has 0 spiro atoms. The molecular weight excluding hydrogens is 310 g/mol. The van der Waals surface area contributed by atoms with E-state index in [2.05, 4.69) is 10.3 Å². The topological polar surface area (TPSA) is 45.2 Å². The summed E-state index contributed by atoms with van der Waals surface area (Å²) in [5.41, 5.74) is 2.63. The quantitative estimate of drug-likeness (QED) is 0.932. The van der Waals surface area contributed by atoms with E-state index in [0.717, 1.165) is 42.2 Å². The molecule has 1 aromatic heterocycles. The van der Waals surface area contributed by atoms with Crippen molar-refractivity contribution in [2.75, 3.05) is 18.4 Å². The lowest BCUT2D eigenvalue weighted by atomic mass is 10.0. The molecule has 1 N–H and O–H groups in total. The van der Waals surface area contributed by atoms with Crippen molar-refractivity contribution in [3.63, 3.8) is 0 Å². The molecule has 120 valence electrons. The highest BCUT2D eigenvalue weighted by atomic mass is 35.5. The van der Waals surface area contributed by atoms with Gasteiger partial charge >= 0.3 is 0 Å². The third-order valence-electron chi connectivity index (χ3n) is 4.14. The van der Waals surface area contributed by atoms with E-state index in [1.54, 1.807) is 12.4 Å². The molecule has 4 nitrogen and oxygen atoms in total. The molecule has 1 saturated heterocycles. The minimum Gasteiger partial charge on any atom is -0.381 e. The van der Waals surface area contributed by atoms with Gasteiger partial charge in [0.1, 0.15) is 0 Å². The molecule has 0 saturated carbocycles. The predicted molar refractivity (Wildman–Crippen MR) is 93.0 cm³/mol. The lowest BCUT2D eigenvalue weighted by Crippen LogP contribution is -2.42. The van der Waals surface area contributed by atoms with Crippen molar-refractivity contribution in [2.45, 2.75) is 25.8 Å². The van der Waals surface area contributed by atoms with Crippen molar-refractivity contribution in [2.24, 2.45) is 0 Å². The van der Waals surface area contributed by atoms with Crippen molar-refractivity contribution < 1.29 is 4.79 Å². The number of halogens is 1. The van der Waals surface area contributed by atoms with Crippen LogP contribution < -0.4 is 5.32 Å². The monoisotopic (exact) mass is 329 g/mol. The van der Waals surface area contributed by atoms with Crippen LogP contribution in [0, 0.1) is 6.92 Å².